The number of aliphatic hydroxyl groups excluding tert-OH is 1. The van der Waals surface area contributed by atoms with Gasteiger partial charge in [0.2, 0.25) is 0 Å². The highest BCUT2D eigenvalue weighted by Gasteiger charge is 2.45. The van der Waals surface area contributed by atoms with E-state index < -0.39 is 11.5 Å². The lowest BCUT2D eigenvalue weighted by Gasteiger charge is -2.38. The van der Waals surface area contributed by atoms with Crippen molar-refractivity contribution in [3.63, 3.8) is 0 Å². The number of nitriles is 1. The molecule has 1 saturated carbocycles. The third-order valence-corrected chi connectivity index (χ3v) is 3.89. The second-order valence-electron chi connectivity index (χ2n) is 3.53. The van der Waals surface area contributed by atoms with Crippen LogP contribution < -0.4 is 0 Å². The molecule has 1 heterocycles. The van der Waals surface area contributed by atoms with Gasteiger partial charge in [-0.3, -0.25) is 0 Å². The monoisotopic (exact) mass is 228 g/mol. The van der Waals surface area contributed by atoms with Gasteiger partial charge in [0.25, 0.3) is 0 Å². The highest BCUT2D eigenvalue weighted by atomic mass is 35.5. The predicted octanol–water partition coefficient (Wildman–Crippen LogP) is 2.52. The summed E-state index contributed by atoms with van der Waals surface area (Å²) < 4.78 is 0.548. The van der Waals surface area contributed by atoms with Gasteiger partial charge in [0, 0.05) is 0 Å². The Bertz CT molecular complexity index is 380. The molecule has 2 rings (SSSR count). The summed E-state index contributed by atoms with van der Waals surface area (Å²) in [6.07, 6.45) is 3.24. The fourth-order valence-corrected chi connectivity index (χ4v) is 2.67. The summed E-state index contributed by atoms with van der Waals surface area (Å²) in [5, 5.41) is 19.5. The van der Waals surface area contributed by atoms with Crippen molar-refractivity contribution in [1.29, 1.82) is 5.26 Å². The molecule has 5 heteroatoms. The fraction of sp³-hybridized carbons (Fsp3) is 0.556. The largest absolute Gasteiger partial charge is 0.384 e. The van der Waals surface area contributed by atoms with Crippen LogP contribution in [0.15, 0.2) is 6.20 Å². The van der Waals surface area contributed by atoms with Crippen LogP contribution in [0.2, 0.25) is 4.34 Å². The molecule has 0 aromatic carbocycles. The zero-order chi connectivity index (χ0) is 10.2. The topological polar surface area (TPSA) is 56.9 Å². The lowest BCUT2D eigenvalue weighted by atomic mass is 9.66. The summed E-state index contributed by atoms with van der Waals surface area (Å²) >= 11 is 6.96. The molecular formula is C9H9ClN2OS. The van der Waals surface area contributed by atoms with Crippen LogP contribution in [0.5, 0.6) is 0 Å². The zero-order valence-electron chi connectivity index (χ0n) is 7.40. The van der Waals surface area contributed by atoms with E-state index in [0.29, 0.717) is 9.34 Å². The second-order valence-corrected chi connectivity index (χ2v) is 5.22. The van der Waals surface area contributed by atoms with Gasteiger partial charge in [-0.05, 0) is 12.8 Å². The highest BCUT2D eigenvalue weighted by Crippen LogP contribution is 2.50. The predicted molar refractivity (Wildman–Crippen MR) is 54.0 cm³/mol. The van der Waals surface area contributed by atoms with E-state index in [2.05, 4.69) is 11.1 Å². The lowest BCUT2D eigenvalue weighted by Crippen LogP contribution is -2.34. The third kappa shape index (κ3) is 1.42. The van der Waals surface area contributed by atoms with Crippen LogP contribution in [0.25, 0.3) is 0 Å². The van der Waals surface area contributed by atoms with E-state index in [-0.39, 0.29) is 0 Å². The minimum Gasteiger partial charge on any atom is -0.384 e. The van der Waals surface area contributed by atoms with E-state index in [0.717, 1.165) is 19.3 Å². The molecule has 1 unspecified atom stereocenters. The Morgan fingerprint density at radius 3 is 2.79 bits per heavy atom. The van der Waals surface area contributed by atoms with E-state index in [1.54, 1.807) is 0 Å². The molecule has 1 aliphatic carbocycles. The Balaban J connectivity index is 2.23. The zero-order valence-corrected chi connectivity index (χ0v) is 8.98. The Morgan fingerprint density at radius 1 is 1.71 bits per heavy atom. The standard InChI is InChI=1S/C9H9ClN2OS/c10-6-4-12-8(14-6)7(13)9(5-11)2-1-3-9/h4,7,13H,1-3H2. The SMILES string of the molecule is N#CC1(C(O)c2ncc(Cl)s2)CCC1. The fourth-order valence-electron chi connectivity index (χ4n) is 1.63. The molecule has 0 saturated heterocycles. The van der Waals surface area contributed by atoms with Crippen LogP contribution in [0.1, 0.15) is 30.4 Å². The van der Waals surface area contributed by atoms with Crippen molar-refractivity contribution >= 4 is 22.9 Å². The van der Waals surface area contributed by atoms with Gasteiger partial charge < -0.3 is 5.11 Å². The number of thiazole rings is 1. The van der Waals surface area contributed by atoms with E-state index in [1.807, 2.05) is 0 Å². The molecule has 1 aromatic rings. The maximum Gasteiger partial charge on any atom is 0.124 e. The minimum atomic E-state index is -0.779. The van der Waals surface area contributed by atoms with Gasteiger partial charge in [0.15, 0.2) is 0 Å². The van der Waals surface area contributed by atoms with Crippen LogP contribution in [0, 0.1) is 16.7 Å². The average molecular weight is 229 g/mol. The van der Waals surface area contributed by atoms with Crippen LogP contribution in [-0.4, -0.2) is 10.1 Å². The molecule has 0 aliphatic heterocycles. The quantitative estimate of drug-likeness (QED) is 0.846. The van der Waals surface area contributed by atoms with Gasteiger partial charge in [0.1, 0.15) is 15.4 Å². The normalized spacial score (nSPS) is 20.9. The minimum absolute atomic E-state index is 0.548. The molecule has 14 heavy (non-hydrogen) atoms. The number of hydrogen-bond donors (Lipinski definition) is 1. The molecule has 0 amide bonds. The van der Waals surface area contributed by atoms with Crippen molar-refractivity contribution in [2.45, 2.75) is 25.4 Å². The number of nitrogens with zero attached hydrogens (tertiary/aromatic N) is 2. The summed E-state index contributed by atoms with van der Waals surface area (Å²) in [6.45, 7) is 0. The van der Waals surface area contributed by atoms with Crippen LogP contribution >= 0.6 is 22.9 Å². The van der Waals surface area contributed by atoms with Crippen LogP contribution in [0.3, 0.4) is 0 Å². The highest BCUT2D eigenvalue weighted by molar-refractivity contribution is 7.15. The summed E-state index contributed by atoms with van der Waals surface area (Å²) in [5.74, 6) is 0. The van der Waals surface area contributed by atoms with Crippen LogP contribution in [0.4, 0.5) is 0 Å². The summed E-state index contributed by atoms with van der Waals surface area (Å²) in [5.41, 5.74) is -0.610. The Hall–Kier alpha value is -0.630. The maximum absolute atomic E-state index is 9.97. The summed E-state index contributed by atoms with van der Waals surface area (Å²) in [4.78, 5) is 4.00. The van der Waals surface area contributed by atoms with Gasteiger partial charge in [-0.2, -0.15) is 5.26 Å². The number of hydrogen-bond acceptors (Lipinski definition) is 4. The Morgan fingerprint density at radius 2 is 2.43 bits per heavy atom. The first-order valence-corrected chi connectivity index (χ1v) is 5.58. The first-order chi connectivity index (χ1) is 6.68. The lowest BCUT2D eigenvalue weighted by molar-refractivity contribution is 0.00781. The smallest absolute Gasteiger partial charge is 0.124 e. The van der Waals surface area contributed by atoms with Crippen LogP contribution in [-0.2, 0) is 0 Å². The van der Waals surface area contributed by atoms with Crippen molar-refractivity contribution < 1.29 is 5.11 Å². The first-order valence-electron chi connectivity index (χ1n) is 4.38. The third-order valence-electron chi connectivity index (χ3n) is 2.72. The Kier molecular flexibility index (Phi) is 2.48. The number of rotatable bonds is 2. The molecule has 1 atom stereocenters. The maximum atomic E-state index is 9.97. The molecule has 1 aliphatic rings. The van der Waals surface area contributed by atoms with E-state index in [9.17, 15) is 5.11 Å². The molecular weight excluding hydrogens is 220 g/mol. The molecule has 1 fully saturated rings. The van der Waals surface area contributed by atoms with Crippen molar-refractivity contribution in [3.8, 4) is 6.07 Å². The number of aliphatic hydroxyl groups is 1. The number of halogens is 1. The number of aromatic nitrogens is 1. The van der Waals surface area contributed by atoms with Crippen molar-refractivity contribution in [3.05, 3.63) is 15.5 Å². The van der Waals surface area contributed by atoms with Gasteiger partial charge in [-0.1, -0.05) is 18.0 Å². The van der Waals surface area contributed by atoms with Gasteiger partial charge in [-0.15, -0.1) is 11.3 Å². The molecule has 0 bridgehead atoms. The van der Waals surface area contributed by atoms with Crippen molar-refractivity contribution in [2.24, 2.45) is 5.41 Å². The van der Waals surface area contributed by atoms with Gasteiger partial charge in [0.05, 0.1) is 17.7 Å². The molecule has 74 valence electrons. The Labute approximate surface area is 91.0 Å². The molecule has 0 spiro atoms. The van der Waals surface area contributed by atoms with Crippen molar-refractivity contribution in [2.75, 3.05) is 0 Å². The van der Waals surface area contributed by atoms with Gasteiger partial charge in [-0.25, -0.2) is 4.98 Å². The molecule has 3 nitrogen and oxygen atoms in total. The molecule has 0 radical (unpaired) electrons. The summed E-state index contributed by atoms with van der Waals surface area (Å²) in [7, 11) is 0. The van der Waals surface area contributed by atoms with E-state index in [1.165, 1.54) is 17.5 Å². The van der Waals surface area contributed by atoms with E-state index >= 15 is 0 Å². The molecule has 1 N–H and O–H groups in total. The molecule has 1 aromatic heterocycles. The first kappa shape index (κ1) is 9.91. The van der Waals surface area contributed by atoms with E-state index in [4.69, 9.17) is 16.9 Å². The average Bonchev–Trinajstić information content (AvgIpc) is 2.50. The van der Waals surface area contributed by atoms with Gasteiger partial charge >= 0.3 is 0 Å². The van der Waals surface area contributed by atoms with Crippen molar-refractivity contribution in [1.82, 2.24) is 4.98 Å². The second kappa shape index (κ2) is 3.50. The summed E-state index contributed by atoms with van der Waals surface area (Å²) in [6, 6.07) is 2.20.